The molecule has 2 aromatic carbocycles. The lowest BCUT2D eigenvalue weighted by atomic mass is 10.00. The van der Waals surface area contributed by atoms with Crippen molar-refractivity contribution in [2.24, 2.45) is 5.92 Å². The van der Waals surface area contributed by atoms with E-state index in [1.165, 1.54) is 0 Å². The van der Waals surface area contributed by atoms with E-state index in [-0.39, 0.29) is 50.8 Å². The Kier molecular flexibility index (Phi) is 13.5. The molecule has 1 saturated heterocycles. The van der Waals surface area contributed by atoms with Gasteiger partial charge in [0.25, 0.3) is 6.47 Å². The van der Waals surface area contributed by atoms with Crippen LogP contribution in [0.2, 0.25) is 0 Å². The van der Waals surface area contributed by atoms with E-state index in [4.69, 9.17) is 0 Å². The van der Waals surface area contributed by atoms with Crippen LogP contribution >= 0.6 is 0 Å². The smallest absolute Gasteiger partial charge is 0.293 e. The van der Waals surface area contributed by atoms with E-state index in [0.29, 0.717) is 17.7 Å². The Hall–Kier alpha value is -5.44. The number of imide groups is 1. The molecule has 0 aromatic heterocycles. The number of ether oxygens (including phenoxy) is 1. The van der Waals surface area contributed by atoms with Crippen molar-refractivity contribution in [3.63, 3.8) is 0 Å². The summed E-state index contributed by atoms with van der Waals surface area (Å²) in [5.74, 6) is -4.74. The number of ketones is 2. The molecule has 3 rings (SSSR count). The second-order valence-electron chi connectivity index (χ2n) is 10.5. The Bertz CT molecular complexity index is 1430. The van der Waals surface area contributed by atoms with Crippen molar-refractivity contribution in [3.05, 3.63) is 65.7 Å². The van der Waals surface area contributed by atoms with Gasteiger partial charge < -0.3 is 26.1 Å². The van der Waals surface area contributed by atoms with Crippen LogP contribution in [-0.4, -0.2) is 84.7 Å². The van der Waals surface area contributed by atoms with Crippen LogP contribution in [0, 0.1) is 5.92 Å². The third kappa shape index (κ3) is 11.2. The van der Waals surface area contributed by atoms with Crippen LogP contribution < -0.4 is 26.8 Å². The number of nitrogens with one attached hydrogen (secondary N) is 5. The number of likely N-dealkylation sites (tertiary alicyclic amines) is 1. The van der Waals surface area contributed by atoms with Gasteiger partial charge in [0.1, 0.15) is 6.61 Å². The van der Waals surface area contributed by atoms with Crippen LogP contribution in [0.15, 0.2) is 54.6 Å². The van der Waals surface area contributed by atoms with Crippen molar-refractivity contribution in [1.82, 2.24) is 26.3 Å². The first-order valence-electron chi connectivity index (χ1n) is 14.5. The van der Waals surface area contributed by atoms with Crippen LogP contribution in [-0.2, 0) is 56.1 Å². The highest BCUT2D eigenvalue weighted by Crippen LogP contribution is 2.18. The van der Waals surface area contributed by atoms with Crippen molar-refractivity contribution < 1.29 is 43.1 Å². The molecule has 1 aliphatic rings. The fourth-order valence-corrected chi connectivity index (χ4v) is 4.43. The number of hydrogen-bond donors (Lipinski definition) is 5. The van der Waals surface area contributed by atoms with Gasteiger partial charge in [0, 0.05) is 37.4 Å². The Morgan fingerprint density at radius 2 is 1.57 bits per heavy atom. The summed E-state index contributed by atoms with van der Waals surface area (Å²) in [4.78, 5) is 97.8. The van der Waals surface area contributed by atoms with Gasteiger partial charge >= 0.3 is 0 Å². The first kappa shape index (κ1) is 35.0. The zero-order valence-corrected chi connectivity index (χ0v) is 25.2. The maximum Gasteiger partial charge on any atom is 0.293 e. The summed E-state index contributed by atoms with van der Waals surface area (Å²) < 4.78 is 4.68. The van der Waals surface area contributed by atoms with Crippen LogP contribution in [0.1, 0.15) is 30.9 Å². The van der Waals surface area contributed by atoms with Gasteiger partial charge in [-0.25, -0.2) is 5.43 Å². The first-order valence-corrected chi connectivity index (χ1v) is 14.5. The second kappa shape index (κ2) is 17.8. The third-order valence-electron chi connectivity index (χ3n) is 6.89. The maximum absolute atomic E-state index is 13.0. The molecular formula is C31H36N6O9. The Morgan fingerprint density at radius 1 is 0.891 bits per heavy atom. The highest BCUT2D eigenvalue weighted by Gasteiger charge is 2.35. The lowest BCUT2D eigenvalue weighted by Crippen LogP contribution is -2.50. The molecule has 0 saturated carbocycles. The molecule has 1 unspecified atom stereocenters. The van der Waals surface area contributed by atoms with E-state index < -0.39 is 54.3 Å². The molecule has 244 valence electrons. The van der Waals surface area contributed by atoms with Crippen LogP contribution in [0.5, 0.6) is 0 Å². The van der Waals surface area contributed by atoms with E-state index in [1.807, 2.05) is 0 Å². The minimum Gasteiger partial charge on any atom is -0.463 e. The van der Waals surface area contributed by atoms with Gasteiger partial charge in [-0.1, -0.05) is 49.4 Å². The molecule has 1 aliphatic heterocycles. The van der Waals surface area contributed by atoms with E-state index in [0.717, 1.165) is 10.5 Å². The summed E-state index contributed by atoms with van der Waals surface area (Å²) in [6.07, 6.45) is -0.0498. The summed E-state index contributed by atoms with van der Waals surface area (Å²) in [7, 11) is 0. The van der Waals surface area contributed by atoms with Crippen molar-refractivity contribution in [2.75, 3.05) is 31.6 Å². The average Bonchev–Trinajstić information content (AvgIpc) is 3.30. The summed E-state index contributed by atoms with van der Waals surface area (Å²) in [5.41, 5.74) is 7.49. The van der Waals surface area contributed by atoms with Crippen LogP contribution in [0.4, 0.5) is 5.69 Å². The predicted molar refractivity (Wildman–Crippen MR) is 162 cm³/mol. The SMILES string of the molecule is CC1CC(=O)N(CCC(=O)NCC(=O)NCC(=O)N[C@@H](Cc2ccccc2)C(=O)C(=O)CNNc2ccc(COC=O)cc2)C1=O. The number of hydrazine groups is 1. The maximum atomic E-state index is 13.0. The number of nitrogens with zero attached hydrogens (tertiary/aromatic N) is 1. The Balaban J connectivity index is 1.44. The summed E-state index contributed by atoms with van der Waals surface area (Å²) in [5, 5.41) is 7.19. The van der Waals surface area contributed by atoms with Crippen molar-refractivity contribution in [2.45, 2.75) is 38.8 Å². The largest absolute Gasteiger partial charge is 0.463 e. The number of hydrogen-bond acceptors (Lipinski definition) is 11. The van der Waals surface area contributed by atoms with E-state index >= 15 is 0 Å². The summed E-state index contributed by atoms with van der Waals surface area (Å²) >= 11 is 0. The Morgan fingerprint density at radius 3 is 2.22 bits per heavy atom. The molecule has 0 bridgehead atoms. The molecule has 1 heterocycles. The molecule has 2 aromatic rings. The molecule has 5 amide bonds. The standard InChI is InChI=1S/C31H36N6O9/c1-20-13-29(43)37(31(20)45)12-11-26(40)32-16-27(41)33-17-28(42)35-24(14-21-5-3-2-4-6-21)30(44)25(39)15-34-36-23-9-7-22(8-10-23)18-46-19-38/h2-10,19-20,24,34,36H,11-18H2,1H3,(H,32,40)(H,33,41)(H,35,42)/t20?,24-/m0/s1. The topological polar surface area (TPSA) is 209 Å². The van der Waals surface area contributed by atoms with Gasteiger partial charge in [-0.15, -0.1) is 0 Å². The number of Topliss-reactive ketones (excluding diaryl/α,β-unsaturated/α-hetero) is 2. The van der Waals surface area contributed by atoms with E-state index in [2.05, 4.69) is 31.5 Å². The normalized spacial score (nSPS) is 14.6. The number of anilines is 1. The minimum atomic E-state index is -1.21. The van der Waals surface area contributed by atoms with E-state index in [1.54, 1.807) is 61.5 Å². The molecule has 15 nitrogen and oxygen atoms in total. The van der Waals surface area contributed by atoms with Gasteiger partial charge in [-0.05, 0) is 23.3 Å². The number of benzene rings is 2. The van der Waals surface area contributed by atoms with Crippen LogP contribution in [0.25, 0.3) is 0 Å². The van der Waals surface area contributed by atoms with Crippen molar-refractivity contribution in [1.29, 1.82) is 0 Å². The number of amides is 5. The highest BCUT2D eigenvalue weighted by molar-refractivity contribution is 6.40. The van der Waals surface area contributed by atoms with Crippen molar-refractivity contribution >= 4 is 53.3 Å². The van der Waals surface area contributed by atoms with Crippen LogP contribution in [0.3, 0.4) is 0 Å². The summed E-state index contributed by atoms with van der Waals surface area (Å²) in [6.45, 7) is 0.639. The zero-order valence-electron chi connectivity index (χ0n) is 25.2. The first-order chi connectivity index (χ1) is 22.1. The van der Waals surface area contributed by atoms with Gasteiger partial charge in [-0.3, -0.25) is 43.3 Å². The fraction of sp³-hybridized carbons (Fsp3) is 0.355. The number of carbonyl (C=O) groups is 8. The molecule has 5 N–H and O–H groups in total. The van der Waals surface area contributed by atoms with Gasteiger partial charge in [0.2, 0.25) is 41.1 Å². The summed E-state index contributed by atoms with van der Waals surface area (Å²) in [6, 6.07) is 14.3. The molecule has 1 fully saturated rings. The number of rotatable bonds is 19. The second-order valence-corrected chi connectivity index (χ2v) is 10.5. The molecule has 2 atom stereocenters. The predicted octanol–water partition coefficient (Wildman–Crippen LogP) is -0.841. The molecule has 0 aliphatic carbocycles. The van der Waals surface area contributed by atoms with E-state index in [9.17, 15) is 38.4 Å². The lowest BCUT2D eigenvalue weighted by Gasteiger charge is -2.18. The third-order valence-corrected chi connectivity index (χ3v) is 6.89. The highest BCUT2D eigenvalue weighted by atomic mass is 16.5. The van der Waals surface area contributed by atoms with Gasteiger partial charge in [0.05, 0.1) is 25.7 Å². The molecule has 0 radical (unpaired) electrons. The average molecular weight is 637 g/mol. The fourth-order valence-electron chi connectivity index (χ4n) is 4.43. The quantitative estimate of drug-likeness (QED) is 0.0556. The molecule has 15 heteroatoms. The number of carbonyl (C=O) groups excluding carboxylic acids is 8. The molecule has 46 heavy (non-hydrogen) atoms. The van der Waals surface area contributed by atoms with Crippen molar-refractivity contribution in [3.8, 4) is 0 Å². The minimum absolute atomic E-state index is 0.0275. The zero-order chi connectivity index (χ0) is 33.5. The Labute approximate surface area is 264 Å². The lowest BCUT2D eigenvalue weighted by molar-refractivity contribution is -0.140. The van der Waals surface area contributed by atoms with Gasteiger partial charge in [-0.2, -0.15) is 0 Å². The molecular weight excluding hydrogens is 600 g/mol. The molecule has 0 spiro atoms. The monoisotopic (exact) mass is 636 g/mol. The van der Waals surface area contributed by atoms with Gasteiger partial charge in [0.15, 0.2) is 0 Å².